The number of hydrogen-bond donors (Lipinski definition) is 1. The van der Waals surface area contributed by atoms with Crippen LogP contribution in [0, 0.1) is 0 Å². The van der Waals surface area contributed by atoms with Gasteiger partial charge in [-0.05, 0) is 42.8 Å². The molecule has 0 aliphatic carbocycles. The standard InChI is InChI=1S/C16H16ClN3O/c1-20-6-5-14-11(10-20)8-18-9-15(14)16(21)19-13-4-2-3-12(17)7-13/h2-4,7-9H,5-6,10H2,1H3,(H,19,21). The molecular weight excluding hydrogens is 286 g/mol. The third-order valence-corrected chi connectivity index (χ3v) is 3.89. The number of pyridine rings is 1. The molecule has 1 aliphatic rings. The Hall–Kier alpha value is -1.91. The highest BCUT2D eigenvalue weighted by molar-refractivity contribution is 6.31. The zero-order valence-electron chi connectivity index (χ0n) is 11.8. The molecule has 3 rings (SSSR count). The Kier molecular flexibility index (Phi) is 3.90. The van der Waals surface area contributed by atoms with Crippen molar-refractivity contribution in [1.82, 2.24) is 9.88 Å². The van der Waals surface area contributed by atoms with E-state index in [4.69, 9.17) is 11.6 Å². The van der Waals surface area contributed by atoms with E-state index in [1.54, 1.807) is 18.3 Å². The first-order chi connectivity index (χ1) is 10.1. The van der Waals surface area contributed by atoms with Crippen molar-refractivity contribution in [3.63, 3.8) is 0 Å². The molecule has 5 heteroatoms. The van der Waals surface area contributed by atoms with E-state index < -0.39 is 0 Å². The van der Waals surface area contributed by atoms with Crippen LogP contribution in [0.5, 0.6) is 0 Å². The molecule has 2 heterocycles. The van der Waals surface area contributed by atoms with E-state index in [-0.39, 0.29) is 5.91 Å². The van der Waals surface area contributed by atoms with Gasteiger partial charge in [0.1, 0.15) is 0 Å². The second-order valence-electron chi connectivity index (χ2n) is 5.28. The van der Waals surface area contributed by atoms with E-state index in [0.29, 0.717) is 16.3 Å². The number of nitrogens with zero attached hydrogens (tertiary/aromatic N) is 2. The third kappa shape index (κ3) is 3.06. The quantitative estimate of drug-likeness (QED) is 0.927. The smallest absolute Gasteiger partial charge is 0.257 e. The van der Waals surface area contributed by atoms with Crippen LogP contribution in [0.3, 0.4) is 0 Å². The molecule has 0 atom stereocenters. The normalized spacial score (nSPS) is 14.6. The van der Waals surface area contributed by atoms with Crippen LogP contribution < -0.4 is 5.32 Å². The van der Waals surface area contributed by atoms with Crippen molar-refractivity contribution in [3.05, 3.63) is 58.4 Å². The molecule has 0 saturated carbocycles. The Balaban J connectivity index is 1.87. The molecule has 1 N–H and O–H groups in total. The van der Waals surface area contributed by atoms with E-state index in [1.165, 1.54) is 0 Å². The second kappa shape index (κ2) is 5.84. The number of carbonyl (C=O) groups excluding carboxylic acids is 1. The molecule has 0 spiro atoms. The topological polar surface area (TPSA) is 45.2 Å². The Morgan fingerprint density at radius 3 is 3.05 bits per heavy atom. The van der Waals surface area contributed by atoms with E-state index in [9.17, 15) is 4.79 Å². The van der Waals surface area contributed by atoms with E-state index in [1.807, 2.05) is 18.3 Å². The number of amides is 1. The van der Waals surface area contributed by atoms with Gasteiger partial charge in [-0.3, -0.25) is 9.78 Å². The van der Waals surface area contributed by atoms with Gasteiger partial charge in [-0.25, -0.2) is 0 Å². The number of rotatable bonds is 2. The van der Waals surface area contributed by atoms with Crippen LogP contribution in [0.2, 0.25) is 5.02 Å². The Morgan fingerprint density at radius 2 is 2.24 bits per heavy atom. The minimum atomic E-state index is -0.133. The predicted molar refractivity (Wildman–Crippen MR) is 83.7 cm³/mol. The van der Waals surface area contributed by atoms with Gasteiger partial charge < -0.3 is 10.2 Å². The zero-order valence-corrected chi connectivity index (χ0v) is 12.5. The first kappa shape index (κ1) is 14.0. The van der Waals surface area contributed by atoms with Gasteiger partial charge in [-0.1, -0.05) is 17.7 Å². The maximum absolute atomic E-state index is 12.5. The van der Waals surface area contributed by atoms with Crippen LogP contribution in [0.25, 0.3) is 0 Å². The van der Waals surface area contributed by atoms with Crippen LogP contribution in [0.4, 0.5) is 5.69 Å². The molecule has 1 aromatic carbocycles. The largest absolute Gasteiger partial charge is 0.322 e. The van der Waals surface area contributed by atoms with Crippen LogP contribution >= 0.6 is 11.6 Å². The lowest BCUT2D eigenvalue weighted by atomic mass is 9.97. The highest BCUT2D eigenvalue weighted by Crippen LogP contribution is 2.22. The monoisotopic (exact) mass is 301 g/mol. The zero-order chi connectivity index (χ0) is 14.8. The molecule has 21 heavy (non-hydrogen) atoms. The molecule has 1 aliphatic heterocycles. The number of likely N-dealkylation sites (N-methyl/N-ethyl adjacent to an activating group) is 1. The summed E-state index contributed by atoms with van der Waals surface area (Å²) in [5.74, 6) is -0.133. The minimum absolute atomic E-state index is 0.133. The number of anilines is 1. The van der Waals surface area contributed by atoms with Crippen molar-refractivity contribution >= 4 is 23.2 Å². The highest BCUT2D eigenvalue weighted by atomic mass is 35.5. The molecule has 1 amide bonds. The predicted octanol–water partition coefficient (Wildman–Crippen LogP) is 2.98. The van der Waals surface area contributed by atoms with Gasteiger partial charge in [-0.15, -0.1) is 0 Å². The fraction of sp³-hybridized carbons (Fsp3) is 0.250. The molecule has 4 nitrogen and oxygen atoms in total. The van der Waals surface area contributed by atoms with E-state index in [0.717, 1.165) is 30.6 Å². The van der Waals surface area contributed by atoms with Gasteiger partial charge in [0.15, 0.2) is 0 Å². The van der Waals surface area contributed by atoms with Gasteiger partial charge in [0.25, 0.3) is 5.91 Å². The summed E-state index contributed by atoms with van der Waals surface area (Å²) in [5, 5.41) is 3.48. The molecule has 0 bridgehead atoms. The number of fused-ring (bicyclic) bond motifs is 1. The molecule has 2 aromatic rings. The lowest BCUT2D eigenvalue weighted by Gasteiger charge is -2.26. The van der Waals surface area contributed by atoms with Crippen molar-refractivity contribution < 1.29 is 4.79 Å². The van der Waals surface area contributed by atoms with Crippen molar-refractivity contribution in [3.8, 4) is 0 Å². The van der Waals surface area contributed by atoms with Gasteiger partial charge in [0.05, 0.1) is 5.56 Å². The number of benzene rings is 1. The Morgan fingerprint density at radius 1 is 1.38 bits per heavy atom. The van der Waals surface area contributed by atoms with E-state index in [2.05, 4.69) is 22.2 Å². The summed E-state index contributed by atoms with van der Waals surface area (Å²) in [6, 6.07) is 7.14. The maximum Gasteiger partial charge on any atom is 0.257 e. The number of hydrogen-bond acceptors (Lipinski definition) is 3. The third-order valence-electron chi connectivity index (χ3n) is 3.66. The minimum Gasteiger partial charge on any atom is -0.322 e. The summed E-state index contributed by atoms with van der Waals surface area (Å²) in [4.78, 5) is 18.9. The second-order valence-corrected chi connectivity index (χ2v) is 5.71. The molecule has 0 radical (unpaired) electrons. The van der Waals surface area contributed by atoms with E-state index >= 15 is 0 Å². The van der Waals surface area contributed by atoms with Crippen molar-refractivity contribution in [2.75, 3.05) is 18.9 Å². The molecule has 0 fully saturated rings. The first-order valence-electron chi connectivity index (χ1n) is 6.84. The summed E-state index contributed by atoms with van der Waals surface area (Å²) < 4.78 is 0. The van der Waals surface area contributed by atoms with Crippen molar-refractivity contribution in [2.24, 2.45) is 0 Å². The van der Waals surface area contributed by atoms with Crippen LogP contribution in [0.15, 0.2) is 36.7 Å². The van der Waals surface area contributed by atoms with Gasteiger partial charge in [0.2, 0.25) is 0 Å². The lowest BCUT2D eigenvalue weighted by Crippen LogP contribution is -2.29. The first-order valence-corrected chi connectivity index (χ1v) is 7.22. The molecule has 108 valence electrons. The highest BCUT2D eigenvalue weighted by Gasteiger charge is 2.20. The number of halogens is 1. The molecule has 1 aromatic heterocycles. The fourth-order valence-corrected chi connectivity index (χ4v) is 2.79. The van der Waals surface area contributed by atoms with Crippen LogP contribution in [-0.2, 0) is 13.0 Å². The van der Waals surface area contributed by atoms with Gasteiger partial charge in [0, 0.05) is 36.2 Å². The Bertz CT molecular complexity index is 687. The number of carbonyl (C=O) groups is 1. The average molecular weight is 302 g/mol. The number of nitrogens with one attached hydrogen (secondary N) is 1. The summed E-state index contributed by atoms with van der Waals surface area (Å²) >= 11 is 5.94. The summed E-state index contributed by atoms with van der Waals surface area (Å²) in [7, 11) is 2.07. The molecular formula is C16H16ClN3O. The fourth-order valence-electron chi connectivity index (χ4n) is 2.59. The average Bonchev–Trinajstić information content (AvgIpc) is 2.46. The summed E-state index contributed by atoms with van der Waals surface area (Å²) in [6.45, 7) is 1.79. The Labute approximate surface area is 128 Å². The van der Waals surface area contributed by atoms with Gasteiger partial charge in [-0.2, -0.15) is 0 Å². The SMILES string of the molecule is CN1CCc2c(cncc2C(=O)Nc2cccc(Cl)c2)C1. The van der Waals surface area contributed by atoms with Crippen molar-refractivity contribution in [1.29, 1.82) is 0 Å². The van der Waals surface area contributed by atoms with Crippen LogP contribution in [0.1, 0.15) is 21.5 Å². The molecule has 0 saturated heterocycles. The van der Waals surface area contributed by atoms with Gasteiger partial charge >= 0.3 is 0 Å². The maximum atomic E-state index is 12.5. The summed E-state index contributed by atoms with van der Waals surface area (Å²) in [5.41, 5.74) is 3.57. The number of aromatic nitrogens is 1. The molecule has 0 unspecified atom stereocenters. The summed E-state index contributed by atoms with van der Waals surface area (Å²) in [6.07, 6.45) is 4.36. The van der Waals surface area contributed by atoms with Crippen LogP contribution in [-0.4, -0.2) is 29.4 Å². The lowest BCUT2D eigenvalue weighted by molar-refractivity contribution is 0.102. The van der Waals surface area contributed by atoms with Crippen molar-refractivity contribution in [2.45, 2.75) is 13.0 Å².